The molecule has 2 aromatic rings. The first kappa shape index (κ1) is 14.8. The molecular weight excluding hydrogens is 271 g/mol. The molecule has 0 saturated heterocycles. The summed E-state index contributed by atoms with van der Waals surface area (Å²) in [5, 5.41) is 2.68. The van der Waals surface area contributed by atoms with Crippen LogP contribution in [-0.2, 0) is 0 Å². The topological polar surface area (TPSA) is 64.3 Å². The van der Waals surface area contributed by atoms with Crippen LogP contribution in [0.1, 0.15) is 22.8 Å². The Hall–Kier alpha value is -2.56. The molecule has 0 aromatic heterocycles. The van der Waals surface area contributed by atoms with E-state index in [2.05, 4.69) is 5.32 Å². The zero-order valence-electron chi connectivity index (χ0n) is 11.9. The van der Waals surface area contributed by atoms with Crippen LogP contribution >= 0.6 is 0 Å². The van der Waals surface area contributed by atoms with Gasteiger partial charge in [-0.05, 0) is 38.1 Å². The monoisotopic (exact) mass is 288 g/mol. The van der Waals surface area contributed by atoms with E-state index in [0.29, 0.717) is 34.9 Å². The van der Waals surface area contributed by atoms with Crippen molar-refractivity contribution < 1.29 is 13.9 Å². The fourth-order valence-electron chi connectivity index (χ4n) is 1.97. The number of rotatable bonds is 4. The average Bonchev–Trinajstić information content (AvgIpc) is 2.46. The van der Waals surface area contributed by atoms with Crippen molar-refractivity contribution in [3.63, 3.8) is 0 Å². The number of carbonyl (C=O) groups excluding carboxylic acids is 1. The minimum Gasteiger partial charge on any atom is -0.491 e. The van der Waals surface area contributed by atoms with E-state index in [1.54, 1.807) is 37.3 Å². The highest BCUT2D eigenvalue weighted by molar-refractivity contribution is 6.07. The van der Waals surface area contributed by atoms with Gasteiger partial charge in [0, 0.05) is 11.3 Å². The highest BCUT2D eigenvalue weighted by Gasteiger charge is 2.16. The van der Waals surface area contributed by atoms with Crippen LogP contribution in [0.5, 0.6) is 5.75 Å². The molecule has 110 valence electrons. The van der Waals surface area contributed by atoms with Gasteiger partial charge in [-0.25, -0.2) is 4.39 Å². The van der Waals surface area contributed by atoms with Gasteiger partial charge in [-0.1, -0.05) is 12.1 Å². The van der Waals surface area contributed by atoms with E-state index in [0.717, 1.165) is 0 Å². The molecule has 0 radical (unpaired) electrons. The predicted octanol–water partition coefficient (Wildman–Crippen LogP) is 3.37. The summed E-state index contributed by atoms with van der Waals surface area (Å²) in [7, 11) is 0. The summed E-state index contributed by atoms with van der Waals surface area (Å²) in [4.78, 5) is 12.4. The minimum atomic E-state index is -0.389. The van der Waals surface area contributed by atoms with Crippen LogP contribution in [0.4, 0.5) is 15.8 Å². The Morgan fingerprint density at radius 1 is 1.29 bits per heavy atom. The van der Waals surface area contributed by atoms with Crippen LogP contribution < -0.4 is 15.8 Å². The third-order valence-electron chi connectivity index (χ3n) is 3.09. The van der Waals surface area contributed by atoms with E-state index in [9.17, 15) is 9.18 Å². The van der Waals surface area contributed by atoms with Crippen LogP contribution in [0.3, 0.4) is 0 Å². The maximum absolute atomic E-state index is 13.5. The van der Waals surface area contributed by atoms with Crippen molar-refractivity contribution >= 4 is 17.3 Å². The zero-order valence-corrected chi connectivity index (χ0v) is 11.9. The smallest absolute Gasteiger partial charge is 0.259 e. The molecule has 3 N–H and O–H groups in total. The first-order chi connectivity index (χ1) is 10.0. The molecule has 0 aliphatic heterocycles. The lowest BCUT2D eigenvalue weighted by atomic mass is 10.1. The molecule has 21 heavy (non-hydrogen) atoms. The lowest BCUT2D eigenvalue weighted by Gasteiger charge is -2.13. The van der Waals surface area contributed by atoms with E-state index in [1.165, 1.54) is 6.07 Å². The maximum atomic E-state index is 13.5. The third kappa shape index (κ3) is 3.13. The van der Waals surface area contributed by atoms with Crippen molar-refractivity contribution in [2.75, 3.05) is 17.7 Å². The highest BCUT2D eigenvalue weighted by atomic mass is 19.1. The van der Waals surface area contributed by atoms with Gasteiger partial charge in [-0.3, -0.25) is 4.79 Å². The molecule has 0 fully saturated rings. The second kappa shape index (κ2) is 6.26. The van der Waals surface area contributed by atoms with Crippen LogP contribution in [0.2, 0.25) is 0 Å². The Kier molecular flexibility index (Phi) is 4.42. The van der Waals surface area contributed by atoms with E-state index < -0.39 is 0 Å². The van der Waals surface area contributed by atoms with Crippen LogP contribution in [0.25, 0.3) is 0 Å². The standard InChI is InChI=1S/C16H17FN2O2/c1-3-21-15-11(6-4-8-13(15)18)16(20)19-14-9-5-7-12(17)10(14)2/h4-9H,3,18H2,1-2H3,(H,19,20). The van der Waals surface area contributed by atoms with Crippen molar-refractivity contribution in [2.24, 2.45) is 0 Å². The van der Waals surface area contributed by atoms with Gasteiger partial charge < -0.3 is 15.8 Å². The first-order valence-corrected chi connectivity index (χ1v) is 6.62. The quantitative estimate of drug-likeness (QED) is 0.848. The Balaban J connectivity index is 2.33. The number of halogens is 1. The molecule has 0 bridgehead atoms. The van der Waals surface area contributed by atoms with Gasteiger partial charge in [-0.2, -0.15) is 0 Å². The number of nitrogens with one attached hydrogen (secondary N) is 1. The van der Waals surface area contributed by atoms with Gasteiger partial charge in [0.15, 0.2) is 5.75 Å². The number of hydrogen-bond donors (Lipinski definition) is 2. The summed E-state index contributed by atoms with van der Waals surface area (Å²) < 4.78 is 18.9. The number of amides is 1. The highest BCUT2D eigenvalue weighted by Crippen LogP contribution is 2.28. The van der Waals surface area contributed by atoms with Gasteiger partial charge in [0.1, 0.15) is 5.82 Å². The Morgan fingerprint density at radius 3 is 2.71 bits per heavy atom. The molecule has 0 spiro atoms. The van der Waals surface area contributed by atoms with Crippen molar-refractivity contribution in [1.29, 1.82) is 0 Å². The first-order valence-electron chi connectivity index (χ1n) is 6.62. The number of nitrogens with two attached hydrogens (primary N) is 1. The number of nitrogen functional groups attached to an aromatic ring is 1. The minimum absolute atomic E-state index is 0.320. The predicted molar refractivity (Wildman–Crippen MR) is 81.1 cm³/mol. The molecule has 1 amide bonds. The molecule has 0 aliphatic carbocycles. The SMILES string of the molecule is CCOc1c(N)cccc1C(=O)Nc1cccc(F)c1C. The van der Waals surface area contributed by atoms with Crippen molar-refractivity contribution in [3.05, 3.63) is 53.3 Å². The Labute approximate surface area is 122 Å². The van der Waals surface area contributed by atoms with Crippen molar-refractivity contribution in [1.82, 2.24) is 0 Å². The normalized spacial score (nSPS) is 10.2. The van der Waals surface area contributed by atoms with E-state index in [-0.39, 0.29) is 11.7 Å². The summed E-state index contributed by atoms with van der Waals surface area (Å²) in [6.07, 6.45) is 0. The molecule has 0 unspecified atom stereocenters. The molecule has 0 heterocycles. The molecule has 2 aromatic carbocycles. The van der Waals surface area contributed by atoms with Gasteiger partial charge in [0.05, 0.1) is 17.9 Å². The number of hydrogen-bond acceptors (Lipinski definition) is 3. The number of ether oxygens (including phenoxy) is 1. The van der Waals surface area contributed by atoms with Crippen LogP contribution in [0.15, 0.2) is 36.4 Å². The fourth-order valence-corrected chi connectivity index (χ4v) is 1.97. The lowest BCUT2D eigenvalue weighted by Crippen LogP contribution is -2.15. The molecule has 2 rings (SSSR count). The van der Waals surface area contributed by atoms with E-state index in [4.69, 9.17) is 10.5 Å². The van der Waals surface area contributed by atoms with Gasteiger partial charge in [0.25, 0.3) is 5.91 Å². The van der Waals surface area contributed by atoms with Gasteiger partial charge in [0.2, 0.25) is 0 Å². The van der Waals surface area contributed by atoms with Crippen molar-refractivity contribution in [2.45, 2.75) is 13.8 Å². The zero-order chi connectivity index (χ0) is 15.4. The van der Waals surface area contributed by atoms with Crippen LogP contribution in [-0.4, -0.2) is 12.5 Å². The molecule has 5 heteroatoms. The Morgan fingerprint density at radius 2 is 2.00 bits per heavy atom. The van der Waals surface area contributed by atoms with E-state index >= 15 is 0 Å². The lowest BCUT2D eigenvalue weighted by molar-refractivity contribution is 0.102. The summed E-state index contributed by atoms with van der Waals surface area (Å²) >= 11 is 0. The van der Waals surface area contributed by atoms with Crippen molar-refractivity contribution in [3.8, 4) is 5.75 Å². The molecule has 0 saturated carbocycles. The average molecular weight is 288 g/mol. The van der Waals surface area contributed by atoms with Gasteiger partial charge in [-0.15, -0.1) is 0 Å². The molecule has 4 nitrogen and oxygen atoms in total. The number of para-hydroxylation sites is 1. The Bertz CT molecular complexity index is 671. The largest absolute Gasteiger partial charge is 0.491 e. The summed E-state index contributed by atoms with van der Waals surface area (Å²) in [6.45, 7) is 3.81. The fraction of sp³-hybridized carbons (Fsp3) is 0.188. The second-order valence-electron chi connectivity index (χ2n) is 4.52. The van der Waals surface area contributed by atoms with Gasteiger partial charge >= 0.3 is 0 Å². The summed E-state index contributed by atoms with van der Waals surface area (Å²) in [5.74, 6) is -0.420. The number of anilines is 2. The summed E-state index contributed by atoms with van der Waals surface area (Å²) in [6, 6.07) is 9.48. The molecule has 0 aliphatic rings. The van der Waals surface area contributed by atoms with Crippen LogP contribution in [0, 0.1) is 12.7 Å². The number of carbonyl (C=O) groups is 1. The third-order valence-corrected chi connectivity index (χ3v) is 3.09. The molecular formula is C16H17FN2O2. The number of benzene rings is 2. The summed E-state index contributed by atoms with van der Waals surface area (Å²) in [5.41, 5.74) is 7.34. The second-order valence-corrected chi connectivity index (χ2v) is 4.52. The van der Waals surface area contributed by atoms with E-state index in [1.807, 2.05) is 6.92 Å². The molecule has 0 atom stereocenters. The maximum Gasteiger partial charge on any atom is 0.259 e.